The molecular formula is C9H16N2S2. The average Bonchev–Trinajstić information content (AvgIpc) is 2.46. The Kier molecular flexibility index (Phi) is 4.22. The minimum atomic E-state index is 0.383. The fourth-order valence-corrected chi connectivity index (χ4v) is 2.83. The molecule has 13 heavy (non-hydrogen) atoms. The van der Waals surface area contributed by atoms with E-state index in [-0.39, 0.29) is 0 Å². The Labute approximate surface area is 88.3 Å². The van der Waals surface area contributed by atoms with Crippen LogP contribution in [0.15, 0.2) is 6.20 Å². The lowest BCUT2D eigenvalue weighted by atomic mass is 10.1. The molecular weight excluding hydrogens is 200 g/mol. The van der Waals surface area contributed by atoms with Gasteiger partial charge in [-0.15, -0.1) is 11.3 Å². The summed E-state index contributed by atoms with van der Waals surface area (Å²) in [6, 6.07) is 0.383. The van der Waals surface area contributed by atoms with Gasteiger partial charge in [-0.2, -0.15) is 0 Å². The van der Waals surface area contributed by atoms with Crippen molar-refractivity contribution in [1.82, 2.24) is 9.71 Å². The molecule has 2 nitrogen and oxygen atoms in total. The van der Waals surface area contributed by atoms with E-state index >= 15 is 0 Å². The van der Waals surface area contributed by atoms with Gasteiger partial charge in [-0.05, 0) is 19.1 Å². The second kappa shape index (κ2) is 4.98. The summed E-state index contributed by atoms with van der Waals surface area (Å²) in [6.45, 7) is 6.52. The maximum absolute atomic E-state index is 4.40. The van der Waals surface area contributed by atoms with E-state index in [4.69, 9.17) is 0 Å². The van der Waals surface area contributed by atoms with Crippen molar-refractivity contribution in [2.75, 3.05) is 6.26 Å². The van der Waals surface area contributed by atoms with Gasteiger partial charge in [-0.3, -0.25) is 4.72 Å². The van der Waals surface area contributed by atoms with E-state index in [9.17, 15) is 0 Å². The third kappa shape index (κ3) is 2.97. The predicted molar refractivity (Wildman–Crippen MR) is 61.1 cm³/mol. The first-order valence-electron chi connectivity index (χ1n) is 4.36. The fraction of sp³-hybridized carbons (Fsp3) is 0.667. The summed E-state index contributed by atoms with van der Waals surface area (Å²) in [7, 11) is 0. The maximum atomic E-state index is 4.40. The van der Waals surface area contributed by atoms with E-state index in [0.717, 1.165) is 0 Å². The zero-order chi connectivity index (χ0) is 9.84. The molecule has 1 atom stereocenters. The Morgan fingerprint density at radius 1 is 1.54 bits per heavy atom. The van der Waals surface area contributed by atoms with Crippen LogP contribution in [0, 0.1) is 12.8 Å². The molecule has 1 heterocycles. The summed E-state index contributed by atoms with van der Waals surface area (Å²) < 4.78 is 3.38. The van der Waals surface area contributed by atoms with E-state index in [1.165, 1.54) is 9.88 Å². The molecule has 4 heteroatoms. The largest absolute Gasteiger partial charge is 0.254 e. The number of hydrogen-bond donors (Lipinski definition) is 1. The van der Waals surface area contributed by atoms with Crippen molar-refractivity contribution in [2.45, 2.75) is 26.8 Å². The highest BCUT2D eigenvalue weighted by Gasteiger charge is 2.17. The minimum absolute atomic E-state index is 0.383. The molecule has 1 aromatic rings. The molecule has 0 spiro atoms. The van der Waals surface area contributed by atoms with E-state index in [0.29, 0.717) is 12.0 Å². The molecule has 0 aliphatic carbocycles. The van der Waals surface area contributed by atoms with Crippen molar-refractivity contribution in [3.05, 3.63) is 16.1 Å². The molecule has 1 unspecified atom stereocenters. The van der Waals surface area contributed by atoms with Crippen LogP contribution >= 0.6 is 23.3 Å². The van der Waals surface area contributed by atoms with Gasteiger partial charge in [0.05, 0.1) is 6.04 Å². The van der Waals surface area contributed by atoms with Crippen molar-refractivity contribution in [3.63, 3.8) is 0 Å². The monoisotopic (exact) mass is 216 g/mol. The second-order valence-corrected chi connectivity index (χ2v) is 5.26. The standard InChI is InChI=1S/C9H16N2S2/c1-6(2)8(11-12-4)9-10-5-7(3)13-9/h5-6,8,11H,1-4H3. The van der Waals surface area contributed by atoms with Gasteiger partial charge in [0.1, 0.15) is 5.01 Å². The van der Waals surface area contributed by atoms with Gasteiger partial charge in [0.15, 0.2) is 0 Å². The number of nitrogens with one attached hydrogen (secondary N) is 1. The normalized spacial score (nSPS) is 13.6. The molecule has 0 fully saturated rings. The lowest BCUT2D eigenvalue weighted by Gasteiger charge is -2.18. The minimum Gasteiger partial charge on any atom is -0.254 e. The SMILES string of the molecule is CSNC(c1ncc(C)s1)C(C)C. The van der Waals surface area contributed by atoms with E-state index < -0.39 is 0 Å². The predicted octanol–water partition coefficient (Wildman–Crippen LogP) is 3.02. The van der Waals surface area contributed by atoms with Crippen LogP contribution in [0.3, 0.4) is 0 Å². The number of rotatable bonds is 4. The Morgan fingerprint density at radius 3 is 2.62 bits per heavy atom. The molecule has 0 saturated heterocycles. The maximum Gasteiger partial charge on any atom is 0.111 e. The third-order valence-corrected chi connectivity index (χ3v) is 3.30. The Balaban J connectivity index is 2.75. The van der Waals surface area contributed by atoms with Crippen LogP contribution in [0.1, 0.15) is 29.8 Å². The van der Waals surface area contributed by atoms with Crippen molar-refractivity contribution in [2.24, 2.45) is 5.92 Å². The molecule has 0 aliphatic heterocycles. The third-order valence-electron chi connectivity index (χ3n) is 1.82. The molecule has 0 aromatic carbocycles. The summed E-state index contributed by atoms with van der Waals surface area (Å²) in [5, 5.41) is 1.20. The number of nitrogens with zero attached hydrogens (tertiary/aromatic N) is 1. The summed E-state index contributed by atoms with van der Waals surface area (Å²) in [5.74, 6) is 0.581. The summed E-state index contributed by atoms with van der Waals surface area (Å²) in [6.07, 6.45) is 3.99. The molecule has 0 bridgehead atoms. The Morgan fingerprint density at radius 2 is 2.23 bits per heavy atom. The van der Waals surface area contributed by atoms with Gasteiger partial charge < -0.3 is 0 Å². The van der Waals surface area contributed by atoms with Crippen LogP contribution in [-0.2, 0) is 0 Å². The highest BCUT2D eigenvalue weighted by Crippen LogP contribution is 2.26. The van der Waals surface area contributed by atoms with Gasteiger partial charge in [-0.1, -0.05) is 25.8 Å². The van der Waals surface area contributed by atoms with Crippen LogP contribution in [0.2, 0.25) is 0 Å². The van der Waals surface area contributed by atoms with Crippen LogP contribution in [-0.4, -0.2) is 11.2 Å². The van der Waals surface area contributed by atoms with Crippen molar-refractivity contribution >= 4 is 23.3 Å². The molecule has 74 valence electrons. The van der Waals surface area contributed by atoms with Crippen LogP contribution in [0.5, 0.6) is 0 Å². The number of aromatic nitrogens is 1. The highest BCUT2D eigenvalue weighted by molar-refractivity contribution is 7.96. The number of aryl methyl sites for hydroxylation is 1. The molecule has 0 amide bonds. The van der Waals surface area contributed by atoms with Crippen molar-refractivity contribution in [3.8, 4) is 0 Å². The lowest BCUT2D eigenvalue weighted by molar-refractivity contribution is 0.485. The topological polar surface area (TPSA) is 24.9 Å². The highest BCUT2D eigenvalue weighted by atomic mass is 32.2. The summed E-state index contributed by atoms with van der Waals surface area (Å²) in [5.41, 5.74) is 0. The van der Waals surface area contributed by atoms with Crippen LogP contribution in [0.4, 0.5) is 0 Å². The number of hydrogen-bond acceptors (Lipinski definition) is 4. The quantitative estimate of drug-likeness (QED) is 0.783. The Bertz CT molecular complexity index is 258. The van der Waals surface area contributed by atoms with Gasteiger partial charge in [0.25, 0.3) is 0 Å². The molecule has 0 saturated carbocycles. The molecule has 1 rings (SSSR count). The number of thiazole rings is 1. The van der Waals surface area contributed by atoms with Crippen molar-refractivity contribution < 1.29 is 0 Å². The molecule has 0 radical (unpaired) electrons. The van der Waals surface area contributed by atoms with Gasteiger partial charge in [0.2, 0.25) is 0 Å². The first-order chi connectivity index (χ1) is 6.15. The first kappa shape index (κ1) is 11.0. The average molecular weight is 216 g/mol. The molecule has 1 N–H and O–H groups in total. The first-order valence-corrected chi connectivity index (χ1v) is 6.40. The van der Waals surface area contributed by atoms with E-state index in [1.807, 2.05) is 6.20 Å². The summed E-state index contributed by atoms with van der Waals surface area (Å²) in [4.78, 5) is 5.68. The van der Waals surface area contributed by atoms with Crippen LogP contribution < -0.4 is 4.72 Å². The zero-order valence-corrected chi connectivity index (χ0v) is 10.1. The molecule has 0 aliphatic rings. The van der Waals surface area contributed by atoms with Gasteiger partial charge in [0, 0.05) is 11.1 Å². The fourth-order valence-electron chi connectivity index (χ4n) is 1.11. The molecule has 1 aromatic heterocycles. The second-order valence-electron chi connectivity index (χ2n) is 3.35. The Hall–Kier alpha value is -0.0600. The van der Waals surface area contributed by atoms with Gasteiger partial charge >= 0.3 is 0 Å². The van der Waals surface area contributed by atoms with Gasteiger partial charge in [-0.25, -0.2) is 4.98 Å². The lowest BCUT2D eigenvalue weighted by Crippen LogP contribution is -2.19. The van der Waals surface area contributed by atoms with Crippen LogP contribution in [0.25, 0.3) is 0 Å². The zero-order valence-electron chi connectivity index (χ0n) is 8.50. The summed E-state index contributed by atoms with van der Waals surface area (Å²) >= 11 is 3.44. The van der Waals surface area contributed by atoms with Crippen molar-refractivity contribution in [1.29, 1.82) is 0 Å². The smallest absolute Gasteiger partial charge is 0.111 e. The van der Waals surface area contributed by atoms with E-state index in [2.05, 4.69) is 36.7 Å². The van der Waals surface area contributed by atoms with E-state index in [1.54, 1.807) is 23.3 Å².